The summed E-state index contributed by atoms with van der Waals surface area (Å²) in [5, 5.41) is 1.01. The van der Waals surface area contributed by atoms with E-state index in [0.29, 0.717) is 13.1 Å². The molecule has 5 heteroatoms. The van der Waals surface area contributed by atoms with Gasteiger partial charge in [0.2, 0.25) is 5.91 Å². The SMILES string of the molecule is COc1c(/C(C)=C/C(=O)N2CCN(c3ccccc3)CC2)cc2c(-c3ccccc3)coc2c1C. The van der Waals surface area contributed by atoms with E-state index in [1.165, 1.54) is 5.69 Å². The topological polar surface area (TPSA) is 45.9 Å². The van der Waals surface area contributed by atoms with Crippen molar-refractivity contribution in [2.45, 2.75) is 13.8 Å². The van der Waals surface area contributed by atoms with Crippen LogP contribution in [0, 0.1) is 6.92 Å². The van der Waals surface area contributed by atoms with E-state index in [2.05, 4.69) is 35.2 Å². The molecule has 5 rings (SSSR count). The maximum absolute atomic E-state index is 13.2. The van der Waals surface area contributed by atoms with Gasteiger partial charge in [-0.3, -0.25) is 4.79 Å². The molecule has 0 unspecified atom stereocenters. The van der Waals surface area contributed by atoms with Crippen LogP contribution in [0.3, 0.4) is 0 Å². The zero-order valence-corrected chi connectivity index (χ0v) is 20.5. The van der Waals surface area contributed by atoms with Crippen LogP contribution in [0.5, 0.6) is 5.75 Å². The van der Waals surface area contributed by atoms with Crippen molar-refractivity contribution in [3.8, 4) is 16.9 Å². The summed E-state index contributed by atoms with van der Waals surface area (Å²) in [6.45, 7) is 7.03. The van der Waals surface area contributed by atoms with Crippen LogP contribution in [0.15, 0.2) is 83.5 Å². The van der Waals surface area contributed by atoms with Crippen molar-refractivity contribution in [2.75, 3.05) is 38.2 Å². The highest BCUT2D eigenvalue weighted by molar-refractivity contribution is 6.01. The maximum atomic E-state index is 13.2. The molecular formula is C30H30N2O3. The van der Waals surface area contributed by atoms with E-state index < -0.39 is 0 Å². The van der Waals surface area contributed by atoms with Gasteiger partial charge in [0.05, 0.1) is 13.4 Å². The molecule has 0 bridgehead atoms. The second-order valence-electron chi connectivity index (χ2n) is 8.95. The number of piperazine rings is 1. The Morgan fingerprint density at radius 2 is 1.63 bits per heavy atom. The average Bonchev–Trinajstić information content (AvgIpc) is 3.34. The fourth-order valence-corrected chi connectivity index (χ4v) is 4.89. The quantitative estimate of drug-likeness (QED) is 0.330. The van der Waals surface area contributed by atoms with Gasteiger partial charge in [-0.2, -0.15) is 0 Å². The summed E-state index contributed by atoms with van der Waals surface area (Å²) < 4.78 is 11.7. The summed E-state index contributed by atoms with van der Waals surface area (Å²) in [4.78, 5) is 17.4. The fourth-order valence-electron chi connectivity index (χ4n) is 4.89. The largest absolute Gasteiger partial charge is 0.496 e. The summed E-state index contributed by atoms with van der Waals surface area (Å²) in [6.07, 6.45) is 3.54. The lowest BCUT2D eigenvalue weighted by Gasteiger charge is -2.35. The molecule has 0 atom stereocenters. The molecule has 4 aromatic rings. The van der Waals surface area contributed by atoms with Gasteiger partial charge < -0.3 is 19.0 Å². The van der Waals surface area contributed by atoms with Crippen LogP contribution in [0.2, 0.25) is 0 Å². The molecule has 1 aliphatic heterocycles. The van der Waals surface area contributed by atoms with Gasteiger partial charge in [-0.1, -0.05) is 48.5 Å². The van der Waals surface area contributed by atoms with Crippen LogP contribution >= 0.6 is 0 Å². The molecular weight excluding hydrogens is 436 g/mol. The van der Waals surface area contributed by atoms with Crippen molar-refractivity contribution in [1.82, 2.24) is 4.90 Å². The highest BCUT2D eigenvalue weighted by Crippen LogP contribution is 2.40. The first-order valence-corrected chi connectivity index (χ1v) is 12.0. The molecule has 178 valence electrons. The molecule has 1 fully saturated rings. The Kier molecular flexibility index (Phi) is 6.32. The molecule has 0 saturated carbocycles. The number of para-hydroxylation sites is 1. The summed E-state index contributed by atoms with van der Waals surface area (Å²) >= 11 is 0. The summed E-state index contributed by atoms with van der Waals surface area (Å²) in [6, 6.07) is 22.6. The molecule has 35 heavy (non-hydrogen) atoms. The minimum Gasteiger partial charge on any atom is -0.496 e. The van der Waals surface area contributed by atoms with E-state index in [0.717, 1.165) is 57.6 Å². The first-order valence-electron chi connectivity index (χ1n) is 12.0. The molecule has 1 saturated heterocycles. The van der Waals surface area contributed by atoms with E-state index in [1.807, 2.05) is 55.1 Å². The van der Waals surface area contributed by atoms with E-state index in [4.69, 9.17) is 9.15 Å². The third-order valence-corrected chi connectivity index (χ3v) is 6.81. The number of methoxy groups -OCH3 is 1. The summed E-state index contributed by atoms with van der Waals surface area (Å²) in [7, 11) is 1.66. The van der Waals surface area contributed by atoms with Crippen molar-refractivity contribution in [2.24, 2.45) is 0 Å². The van der Waals surface area contributed by atoms with E-state index in [-0.39, 0.29) is 5.91 Å². The predicted octanol–water partition coefficient (Wildman–Crippen LogP) is 6.17. The highest BCUT2D eigenvalue weighted by Gasteiger charge is 2.22. The van der Waals surface area contributed by atoms with Gasteiger partial charge in [-0.15, -0.1) is 0 Å². The second-order valence-corrected chi connectivity index (χ2v) is 8.95. The average molecular weight is 467 g/mol. The molecule has 0 spiro atoms. The van der Waals surface area contributed by atoms with Crippen LogP contribution in [-0.4, -0.2) is 44.1 Å². The number of anilines is 1. The third-order valence-electron chi connectivity index (χ3n) is 6.81. The number of amides is 1. The van der Waals surface area contributed by atoms with E-state index in [1.54, 1.807) is 19.4 Å². The van der Waals surface area contributed by atoms with Crippen molar-refractivity contribution in [1.29, 1.82) is 0 Å². The monoisotopic (exact) mass is 466 g/mol. The van der Waals surface area contributed by atoms with E-state index in [9.17, 15) is 4.79 Å². The van der Waals surface area contributed by atoms with Crippen LogP contribution in [0.1, 0.15) is 18.1 Å². The lowest BCUT2D eigenvalue weighted by Crippen LogP contribution is -2.48. The first kappa shape index (κ1) is 22.8. The number of ether oxygens (including phenoxy) is 1. The maximum Gasteiger partial charge on any atom is 0.246 e. The molecule has 0 aliphatic carbocycles. The van der Waals surface area contributed by atoms with Gasteiger partial charge in [0.15, 0.2) is 0 Å². The van der Waals surface area contributed by atoms with Crippen molar-refractivity contribution in [3.05, 3.63) is 90.2 Å². The Hall–Kier alpha value is -3.99. The van der Waals surface area contributed by atoms with Gasteiger partial charge in [-0.05, 0) is 43.2 Å². The Morgan fingerprint density at radius 1 is 0.971 bits per heavy atom. The molecule has 3 aromatic carbocycles. The molecule has 0 radical (unpaired) electrons. The number of hydrogen-bond acceptors (Lipinski definition) is 4. The Labute approximate surface area is 206 Å². The molecule has 1 amide bonds. The number of carbonyl (C=O) groups excluding carboxylic acids is 1. The number of allylic oxidation sites excluding steroid dienone is 1. The molecule has 2 heterocycles. The lowest BCUT2D eigenvalue weighted by atomic mass is 9.96. The van der Waals surface area contributed by atoms with Crippen LogP contribution in [0.4, 0.5) is 5.69 Å². The number of furan rings is 1. The minimum absolute atomic E-state index is 0.0329. The smallest absolute Gasteiger partial charge is 0.246 e. The highest BCUT2D eigenvalue weighted by atomic mass is 16.5. The number of nitrogens with zero attached hydrogens (tertiary/aromatic N) is 2. The summed E-state index contributed by atoms with van der Waals surface area (Å²) in [5.74, 6) is 0.771. The number of aryl methyl sites for hydroxylation is 1. The minimum atomic E-state index is 0.0329. The number of hydrogen-bond donors (Lipinski definition) is 0. The number of benzene rings is 3. The van der Waals surface area contributed by atoms with Crippen LogP contribution in [-0.2, 0) is 4.79 Å². The van der Waals surface area contributed by atoms with Crippen molar-refractivity contribution >= 4 is 28.1 Å². The van der Waals surface area contributed by atoms with Crippen molar-refractivity contribution < 1.29 is 13.9 Å². The normalized spacial score (nSPS) is 14.4. The molecule has 1 aromatic heterocycles. The van der Waals surface area contributed by atoms with Crippen molar-refractivity contribution in [3.63, 3.8) is 0 Å². The lowest BCUT2D eigenvalue weighted by molar-refractivity contribution is -0.126. The van der Waals surface area contributed by atoms with Gasteiger partial charge in [0, 0.05) is 60.0 Å². The zero-order chi connectivity index (χ0) is 24.4. The van der Waals surface area contributed by atoms with Gasteiger partial charge in [0.1, 0.15) is 11.3 Å². The zero-order valence-electron chi connectivity index (χ0n) is 20.5. The Bertz CT molecular complexity index is 1370. The second kappa shape index (κ2) is 9.71. The van der Waals surface area contributed by atoms with Gasteiger partial charge >= 0.3 is 0 Å². The summed E-state index contributed by atoms with van der Waals surface area (Å²) in [5.41, 5.74) is 6.85. The molecule has 0 N–H and O–H groups in total. The number of rotatable bonds is 5. The van der Waals surface area contributed by atoms with Crippen LogP contribution in [0.25, 0.3) is 27.7 Å². The third kappa shape index (κ3) is 4.42. The predicted molar refractivity (Wildman–Crippen MR) is 142 cm³/mol. The fraction of sp³-hybridized carbons (Fsp3) is 0.233. The van der Waals surface area contributed by atoms with Gasteiger partial charge in [0.25, 0.3) is 0 Å². The molecule has 5 nitrogen and oxygen atoms in total. The number of fused-ring (bicyclic) bond motifs is 1. The number of carbonyl (C=O) groups is 1. The Balaban J connectivity index is 1.42. The first-order chi connectivity index (χ1) is 17.1. The van der Waals surface area contributed by atoms with E-state index >= 15 is 0 Å². The standard InChI is InChI=1S/C30H30N2O3/c1-21(18-28(33)32-16-14-31(15-17-32)24-12-8-5-9-13-24)25-19-26-27(23-10-6-4-7-11-23)20-35-30(26)22(2)29(25)34-3/h4-13,18-20H,14-17H2,1-3H3/b21-18+. The van der Waals surface area contributed by atoms with Crippen LogP contribution < -0.4 is 9.64 Å². The Morgan fingerprint density at radius 3 is 2.29 bits per heavy atom. The molecule has 1 aliphatic rings. The van der Waals surface area contributed by atoms with Gasteiger partial charge in [-0.25, -0.2) is 0 Å².